The first kappa shape index (κ1) is 19.4. The van der Waals surface area contributed by atoms with Gasteiger partial charge in [-0.1, -0.05) is 0 Å². The SMILES string of the molecule is C[C@H]1C(=O)N2[C@@H](CCC(=O)N3CCC4(CC4)[C@H](O)C3)COC2(C)CN1C(=O)O. The van der Waals surface area contributed by atoms with Crippen LogP contribution in [0.15, 0.2) is 0 Å². The summed E-state index contributed by atoms with van der Waals surface area (Å²) in [6.07, 6.45) is 2.14. The zero-order valence-corrected chi connectivity index (χ0v) is 16.5. The van der Waals surface area contributed by atoms with Crippen molar-refractivity contribution in [3.05, 3.63) is 0 Å². The lowest BCUT2D eigenvalue weighted by molar-refractivity contribution is -0.169. The molecule has 3 saturated heterocycles. The summed E-state index contributed by atoms with van der Waals surface area (Å²) in [5.41, 5.74) is -0.931. The van der Waals surface area contributed by atoms with Crippen LogP contribution in [0.1, 0.15) is 46.0 Å². The van der Waals surface area contributed by atoms with Gasteiger partial charge in [0, 0.05) is 19.5 Å². The van der Waals surface area contributed by atoms with Gasteiger partial charge in [0.15, 0.2) is 5.72 Å². The van der Waals surface area contributed by atoms with Crippen LogP contribution in [0.25, 0.3) is 0 Å². The van der Waals surface area contributed by atoms with E-state index in [1.54, 1.807) is 23.6 Å². The molecule has 2 N–H and O–H groups in total. The van der Waals surface area contributed by atoms with Gasteiger partial charge in [-0.2, -0.15) is 0 Å². The highest BCUT2D eigenvalue weighted by molar-refractivity contribution is 5.87. The molecular weight excluding hydrogens is 366 g/mol. The average molecular weight is 395 g/mol. The summed E-state index contributed by atoms with van der Waals surface area (Å²) in [5, 5.41) is 19.6. The summed E-state index contributed by atoms with van der Waals surface area (Å²) in [5.74, 6) is -0.289. The van der Waals surface area contributed by atoms with E-state index in [1.165, 1.54) is 0 Å². The second kappa shape index (κ2) is 6.59. The van der Waals surface area contributed by atoms with E-state index in [0.29, 0.717) is 26.1 Å². The molecule has 0 radical (unpaired) electrons. The van der Waals surface area contributed by atoms with Crippen molar-refractivity contribution < 1.29 is 29.3 Å². The Morgan fingerprint density at radius 2 is 2.00 bits per heavy atom. The largest absolute Gasteiger partial charge is 0.465 e. The van der Waals surface area contributed by atoms with E-state index in [1.807, 2.05) is 0 Å². The number of hydrogen-bond donors (Lipinski definition) is 2. The standard InChI is InChI=1S/C19H29N3O6/c1-12-16(25)22-13(10-28-18(22,2)11-21(12)17(26)27)3-4-15(24)20-8-7-19(5-6-19)14(23)9-20/h12-14,23H,3-11H2,1-2H3,(H,26,27)/t12-,13-,14+,18?/m0/s1. The third-order valence-corrected chi connectivity index (χ3v) is 7.15. The molecule has 4 aliphatic rings. The topological polar surface area (TPSA) is 111 Å². The second-order valence-corrected chi connectivity index (χ2v) is 8.94. The molecule has 9 heteroatoms. The van der Waals surface area contributed by atoms with Gasteiger partial charge in [-0.25, -0.2) is 4.79 Å². The second-order valence-electron chi connectivity index (χ2n) is 8.94. The lowest BCUT2D eigenvalue weighted by Gasteiger charge is -2.47. The van der Waals surface area contributed by atoms with Crippen LogP contribution in [-0.2, 0) is 14.3 Å². The number of piperidine rings is 1. The maximum Gasteiger partial charge on any atom is 0.408 e. The molecule has 9 nitrogen and oxygen atoms in total. The molecule has 1 unspecified atom stereocenters. The van der Waals surface area contributed by atoms with Gasteiger partial charge in [-0.3, -0.25) is 14.5 Å². The number of ether oxygens (including phenoxy) is 1. The number of hydrogen-bond acceptors (Lipinski definition) is 5. The third kappa shape index (κ3) is 3.04. The van der Waals surface area contributed by atoms with Crippen molar-refractivity contribution in [3.8, 4) is 0 Å². The van der Waals surface area contributed by atoms with Gasteiger partial charge < -0.3 is 24.7 Å². The number of nitrogens with zero attached hydrogens (tertiary/aromatic N) is 3. The van der Waals surface area contributed by atoms with Crippen LogP contribution >= 0.6 is 0 Å². The van der Waals surface area contributed by atoms with Crippen molar-refractivity contribution in [1.29, 1.82) is 0 Å². The Morgan fingerprint density at radius 1 is 1.29 bits per heavy atom. The van der Waals surface area contributed by atoms with Crippen LogP contribution in [0.2, 0.25) is 0 Å². The van der Waals surface area contributed by atoms with Gasteiger partial charge in [0.2, 0.25) is 11.8 Å². The molecule has 4 atom stereocenters. The fourth-order valence-electron chi connectivity index (χ4n) is 5.01. The summed E-state index contributed by atoms with van der Waals surface area (Å²) < 4.78 is 5.82. The Bertz CT molecular complexity index is 695. The minimum Gasteiger partial charge on any atom is -0.465 e. The van der Waals surface area contributed by atoms with Gasteiger partial charge in [-0.05, 0) is 44.9 Å². The van der Waals surface area contributed by atoms with Crippen molar-refractivity contribution in [2.75, 3.05) is 26.2 Å². The summed E-state index contributed by atoms with van der Waals surface area (Å²) in [4.78, 5) is 41.4. The molecule has 3 heterocycles. The molecule has 4 fully saturated rings. The maximum absolute atomic E-state index is 12.8. The Hall–Kier alpha value is -1.87. The Labute approximate surface area is 164 Å². The van der Waals surface area contributed by atoms with E-state index >= 15 is 0 Å². The quantitative estimate of drug-likeness (QED) is 0.719. The number of carbonyl (C=O) groups is 3. The monoisotopic (exact) mass is 395 g/mol. The van der Waals surface area contributed by atoms with Crippen LogP contribution in [-0.4, -0.2) is 93.0 Å². The van der Waals surface area contributed by atoms with E-state index in [-0.39, 0.29) is 36.2 Å². The highest BCUT2D eigenvalue weighted by Gasteiger charge is 2.55. The van der Waals surface area contributed by atoms with Crippen molar-refractivity contribution in [3.63, 3.8) is 0 Å². The number of aliphatic hydroxyl groups is 1. The van der Waals surface area contributed by atoms with Crippen LogP contribution in [0.3, 0.4) is 0 Å². The molecule has 3 aliphatic heterocycles. The molecule has 3 amide bonds. The molecule has 1 spiro atoms. The highest BCUT2D eigenvalue weighted by atomic mass is 16.5. The summed E-state index contributed by atoms with van der Waals surface area (Å²) in [6, 6.07) is -1.01. The molecule has 1 saturated carbocycles. The van der Waals surface area contributed by atoms with E-state index in [2.05, 4.69) is 0 Å². The Balaban J connectivity index is 1.36. The fraction of sp³-hybridized carbons (Fsp3) is 0.842. The number of likely N-dealkylation sites (tertiary alicyclic amines) is 1. The van der Waals surface area contributed by atoms with Crippen LogP contribution in [0.4, 0.5) is 4.79 Å². The van der Waals surface area contributed by atoms with Gasteiger partial charge in [0.05, 0.1) is 25.3 Å². The zero-order chi connectivity index (χ0) is 20.3. The minimum absolute atomic E-state index is 0.00665. The van der Waals surface area contributed by atoms with E-state index in [4.69, 9.17) is 4.74 Å². The molecule has 0 bridgehead atoms. The van der Waals surface area contributed by atoms with Crippen molar-refractivity contribution >= 4 is 17.9 Å². The first-order valence-corrected chi connectivity index (χ1v) is 10.1. The fourth-order valence-corrected chi connectivity index (χ4v) is 5.01. The number of carbonyl (C=O) groups excluding carboxylic acids is 2. The smallest absolute Gasteiger partial charge is 0.408 e. The highest BCUT2D eigenvalue weighted by Crippen LogP contribution is 2.53. The van der Waals surface area contributed by atoms with Crippen LogP contribution < -0.4 is 0 Å². The number of piperazine rings is 1. The number of carboxylic acid groups (broad SMARTS) is 1. The number of β-amino-alcohol motifs (C(OH)–C–C–N with tert-alkyl or cyclic N) is 1. The first-order valence-electron chi connectivity index (χ1n) is 10.1. The van der Waals surface area contributed by atoms with Crippen LogP contribution in [0.5, 0.6) is 0 Å². The molecule has 156 valence electrons. The first-order chi connectivity index (χ1) is 13.2. The maximum atomic E-state index is 12.8. The van der Waals surface area contributed by atoms with Crippen molar-refractivity contribution in [2.45, 2.75) is 69.9 Å². The Morgan fingerprint density at radius 3 is 2.61 bits per heavy atom. The number of rotatable bonds is 3. The number of amides is 3. The van der Waals surface area contributed by atoms with E-state index < -0.39 is 24.0 Å². The molecule has 28 heavy (non-hydrogen) atoms. The predicted octanol–water partition coefficient (Wildman–Crippen LogP) is 0.466. The number of aliphatic hydroxyl groups excluding tert-OH is 1. The van der Waals surface area contributed by atoms with Gasteiger partial charge in [0.25, 0.3) is 0 Å². The van der Waals surface area contributed by atoms with Gasteiger partial charge in [0.1, 0.15) is 6.04 Å². The van der Waals surface area contributed by atoms with Gasteiger partial charge in [-0.15, -0.1) is 0 Å². The third-order valence-electron chi connectivity index (χ3n) is 7.15. The predicted molar refractivity (Wildman–Crippen MR) is 97.3 cm³/mol. The minimum atomic E-state index is -1.14. The molecule has 0 aromatic rings. The zero-order valence-electron chi connectivity index (χ0n) is 16.5. The van der Waals surface area contributed by atoms with Crippen molar-refractivity contribution in [2.24, 2.45) is 5.41 Å². The van der Waals surface area contributed by atoms with E-state index in [0.717, 1.165) is 24.2 Å². The molecule has 0 aromatic carbocycles. The summed E-state index contributed by atoms with van der Waals surface area (Å²) in [6.45, 7) is 4.78. The normalized spacial score (nSPS) is 36.6. The lowest BCUT2D eigenvalue weighted by atomic mass is 9.90. The van der Waals surface area contributed by atoms with Crippen LogP contribution in [0, 0.1) is 5.41 Å². The molecular formula is C19H29N3O6. The Kier molecular flexibility index (Phi) is 4.58. The lowest BCUT2D eigenvalue weighted by Crippen LogP contribution is -2.67. The number of fused-ring (bicyclic) bond motifs is 1. The average Bonchev–Trinajstić information content (AvgIpc) is 3.35. The molecule has 4 rings (SSSR count). The molecule has 1 aliphatic carbocycles. The van der Waals surface area contributed by atoms with Crippen molar-refractivity contribution in [1.82, 2.24) is 14.7 Å². The van der Waals surface area contributed by atoms with E-state index in [9.17, 15) is 24.6 Å². The molecule has 0 aromatic heterocycles. The van der Waals surface area contributed by atoms with Gasteiger partial charge >= 0.3 is 6.09 Å². The summed E-state index contributed by atoms with van der Waals surface area (Å²) in [7, 11) is 0. The summed E-state index contributed by atoms with van der Waals surface area (Å²) >= 11 is 0.